The molecular formula is C16H16ClFN2O. The number of nitrogens with zero attached hydrogens (tertiary/aromatic N) is 1. The van der Waals surface area contributed by atoms with Gasteiger partial charge in [0.15, 0.2) is 0 Å². The summed E-state index contributed by atoms with van der Waals surface area (Å²) in [6.45, 7) is 2.68. The van der Waals surface area contributed by atoms with Crippen molar-refractivity contribution in [3.05, 3.63) is 58.9 Å². The maximum absolute atomic E-state index is 12.8. The molecule has 5 heteroatoms. The number of halogens is 2. The molecule has 0 aromatic heterocycles. The second kappa shape index (κ2) is 7.64. The van der Waals surface area contributed by atoms with Gasteiger partial charge in [-0.15, -0.1) is 0 Å². The fourth-order valence-electron chi connectivity index (χ4n) is 1.63. The van der Waals surface area contributed by atoms with Gasteiger partial charge in [0.2, 0.25) is 0 Å². The number of hydrazone groups is 1. The lowest BCUT2D eigenvalue weighted by Crippen LogP contribution is -1.96. The van der Waals surface area contributed by atoms with E-state index in [0.717, 1.165) is 12.0 Å². The lowest BCUT2D eigenvalue weighted by atomic mass is 10.2. The van der Waals surface area contributed by atoms with E-state index < -0.39 is 0 Å². The highest BCUT2D eigenvalue weighted by molar-refractivity contribution is 6.32. The number of nitrogens with one attached hydrogen (secondary N) is 1. The van der Waals surface area contributed by atoms with Gasteiger partial charge >= 0.3 is 0 Å². The zero-order chi connectivity index (χ0) is 15.1. The summed E-state index contributed by atoms with van der Waals surface area (Å²) in [6, 6.07) is 11.4. The van der Waals surface area contributed by atoms with E-state index >= 15 is 0 Å². The first-order valence-electron chi connectivity index (χ1n) is 6.66. The first-order chi connectivity index (χ1) is 10.2. The molecule has 21 heavy (non-hydrogen) atoms. The van der Waals surface area contributed by atoms with Crippen LogP contribution in [0.2, 0.25) is 5.02 Å². The average molecular weight is 307 g/mol. The Hall–Kier alpha value is -2.07. The fraction of sp³-hybridized carbons (Fsp3) is 0.188. The third-order valence-electron chi connectivity index (χ3n) is 2.67. The summed E-state index contributed by atoms with van der Waals surface area (Å²) in [6.07, 6.45) is 2.57. The first kappa shape index (κ1) is 15.3. The summed E-state index contributed by atoms with van der Waals surface area (Å²) in [5.74, 6) is 0.390. The van der Waals surface area contributed by atoms with Gasteiger partial charge in [-0.05, 0) is 54.4 Å². The maximum atomic E-state index is 12.8. The van der Waals surface area contributed by atoms with Crippen LogP contribution < -0.4 is 10.2 Å². The Morgan fingerprint density at radius 2 is 2.00 bits per heavy atom. The van der Waals surface area contributed by atoms with Gasteiger partial charge in [0.25, 0.3) is 0 Å². The molecule has 2 aromatic rings. The smallest absolute Gasteiger partial charge is 0.137 e. The zero-order valence-corrected chi connectivity index (χ0v) is 12.4. The number of hydrogen-bond acceptors (Lipinski definition) is 3. The highest BCUT2D eigenvalue weighted by Gasteiger charge is 2.01. The van der Waals surface area contributed by atoms with Crippen LogP contribution in [0.15, 0.2) is 47.6 Å². The molecule has 0 bridgehead atoms. The van der Waals surface area contributed by atoms with Crippen molar-refractivity contribution in [1.29, 1.82) is 0 Å². The maximum Gasteiger partial charge on any atom is 0.137 e. The highest BCUT2D eigenvalue weighted by Crippen LogP contribution is 2.25. The summed E-state index contributed by atoms with van der Waals surface area (Å²) < 4.78 is 18.3. The molecule has 0 aliphatic heterocycles. The molecule has 0 aliphatic rings. The molecule has 0 atom stereocenters. The highest BCUT2D eigenvalue weighted by atomic mass is 35.5. The van der Waals surface area contributed by atoms with Crippen LogP contribution >= 0.6 is 11.6 Å². The van der Waals surface area contributed by atoms with Crippen molar-refractivity contribution < 1.29 is 9.13 Å². The van der Waals surface area contributed by atoms with E-state index in [0.29, 0.717) is 23.1 Å². The Labute approximate surface area is 128 Å². The van der Waals surface area contributed by atoms with Crippen LogP contribution in [0, 0.1) is 5.82 Å². The summed E-state index contributed by atoms with van der Waals surface area (Å²) in [4.78, 5) is 0. The summed E-state index contributed by atoms with van der Waals surface area (Å²) in [7, 11) is 0. The molecule has 110 valence electrons. The summed E-state index contributed by atoms with van der Waals surface area (Å²) in [5, 5.41) is 4.63. The Kier molecular flexibility index (Phi) is 5.58. The number of rotatable bonds is 6. The van der Waals surface area contributed by atoms with Gasteiger partial charge in [0.05, 0.1) is 23.5 Å². The van der Waals surface area contributed by atoms with Gasteiger partial charge in [-0.1, -0.05) is 18.5 Å². The van der Waals surface area contributed by atoms with Gasteiger partial charge in [0.1, 0.15) is 11.6 Å². The van der Waals surface area contributed by atoms with Crippen LogP contribution in [-0.2, 0) is 0 Å². The molecular weight excluding hydrogens is 291 g/mol. The van der Waals surface area contributed by atoms with Crippen molar-refractivity contribution in [1.82, 2.24) is 0 Å². The van der Waals surface area contributed by atoms with Gasteiger partial charge in [-0.25, -0.2) is 4.39 Å². The minimum absolute atomic E-state index is 0.279. The van der Waals surface area contributed by atoms with E-state index in [1.54, 1.807) is 24.4 Å². The Morgan fingerprint density at radius 3 is 2.67 bits per heavy atom. The normalized spacial score (nSPS) is 10.8. The van der Waals surface area contributed by atoms with Crippen molar-refractivity contribution in [2.24, 2.45) is 5.10 Å². The lowest BCUT2D eigenvalue weighted by molar-refractivity contribution is 0.317. The molecule has 2 aromatic carbocycles. The Bertz CT molecular complexity index is 614. The molecule has 0 amide bonds. The van der Waals surface area contributed by atoms with Crippen LogP contribution in [0.5, 0.6) is 5.75 Å². The number of anilines is 1. The van der Waals surface area contributed by atoms with Crippen LogP contribution in [0.25, 0.3) is 0 Å². The third kappa shape index (κ3) is 4.76. The number of ether oxygens (including phenoxy) is 1. The predicted molar refractivity (Wildman–Crippen MR) is 84.9 cm³/mol. The standard InChI is InChI=1S/C16H16ClFN2O/c1-2-9-21-16-8-3-12(10-15(16)17)11-19-20-14-6-4-13(18)5-7-14/h3-8,10-11,20H,2,9H2,1H3/b19-11+. The average Bonchev–Trinajstić information content (AvgIpc) is 2.48. The predicted octanol–water partition coefficient (Wildman–Crippen LogP) is 4.71. The van der Waals surface area contributed by atoms with Gasteiger partial charge < -0.3 is 4.74 Å². The van der Waals surface area contributed by atoms with Crippen LogP contribution in [0.1, 0.15) is 18.9 Å². The molecule has 0 saturated heterocycles. The molecule has 0 aliphatic carbocycles. The number of benzene rings is 2. The van der Waals surface area contributed by atoms with E-state index in [1.165, 1.54) is 12.1 Å². The van der Waals surface area contributed by atoms with Crippen LogP contribution in [0.4, 0.5) is 10.1 Å². The largest absolute Gasteiger partial charge is 0.492 e. The van der Waals surface area contributed by atoms with Gasteiger partial charge in [-0.2, -0.15) is 5.10 Å². The quantitative estimate of drug-likeness (QED) is 0.619. The first-order valence-corrected chi connectivity index (χ1v) is 7.04. The Balaban J connectivity index is 1.97. The minimum Gasteiger partial charge on any atom is -0.492 e. The molecule has 2 rings (SSSR count). The molecule has 0 heterocycles. The molecule has 3 nitrogen and oxygen atoms in total. The molecule has 0 fully saturated rings. The molecule has 0 spiro atoms. The summed E-state index contributed by atoms with van der Waals surface area (Å²) >= 11 is 6.13. The SMILES string of the molecule is CCCOc1ccc(/C=N/Nc2ccc(F)cc2)cc1Cl. The fourth-order valence-corrected chi connectivity index (χ4v) is 1.88. The minimum atomic E-state index is -0.279. The third-order valence-corrected chi connectivity index (χ3v) is 2.96. The Morgan fingerprint density at radius 1 is 1.24 bits per heavy atom. The zero-order valence-electron chi connectivity index (χ0n) is 11.6. The van der Waals surface area contributed by atoms with Gasteiger partial charge in [-0.3, -0.25) is 5.43 Å². The van der Waals surface area contributed by atoms with E-state index in [4.69, 9.17) is 16.3 Å². The summed E-state index contributed by atoms with van der Waals surface area (Å²) in [5.41, 5.74) is 4.37. The van der Waals surface area contributed by atoms with Crippen molar-refractivity contribution >= 4 is 23.5 Å². The molecule has 0 radical (unpaired) electrons. The second-order valence-corrected chi connectivity index (χ2v) is 4.82. The van der Waals surface area contributed by atoms with Crippen LogP contribution in [-0.4, -0.2) is 12.8 Å². The lowest BCUT2D eigenvalue weighted by Gasteiger charge is -2.07. The van der Waals surface area contributed by atoms with E-state index in [-0.39, 0.29) is 5.82 Å². The van der Waals surface area contributed by atoms with Crippen LogP contribution in [0.3, 0.4) is 0 Å². The topological polar surface area (TPSA) is 33.6 Å². The molecule has 1 N–H and O–H groups in total. The second-order valence-electron chi connectivity index (χ2n) is 4.42. The van der Waals surface area contributed by atoms with Crippen molar-refractivity contribution in [2.75, 3.05) is 12.0 Å². The van der Waals surface area contributed by atoms with E-state index in [2.05, 4.69) is 10.5 Å². The van der Waals surface area contributed by atoms with E-state index in [1.807, 2.05) is 19.1 Å². The molecule has 0 saturated carbocycles. The van der Waals surface area contributed by atoms with Crippen molar-refractivity contribution in [2.45, 2.75) is 13.3 Å². The van der Waals surface area contributed by atoms with Crippen molar-refractivity contribution in [3.8, 4) is 5.75 Å². The molecule has 0 unspecified atom stereocenters. The van der Waals surface area contributed by atoms with Crippen molar-refractivity contribution in [3.63, 3.8) is 0 Å². The monoisotopic (exact) mass is 306 g/mol. The van der Waals surface area contributed by atoms with Gasteiger partial charge in [0, 0.05) is 0 Å². The number of hydrogen-bond donors (Lipinski definition) is 1. The van der Waals surface area contributed by atoms with E-state index in [9.17, 15) is 4.39 Å².